The predicted molar refractivity (Wildman–Crippen MR) is 141 cm³/mol. The number of hydrazone groups is 1. The maximum absolute atomic E-state index is 13.1. The van der Waals surface area contributed by atoms with E-state index in [1.807, 2.05) is 72.8 Å². The van der Waals surface area contributed by atoms with Gasteiger partial charge in [0.1, 0.15) is 0 Å². The smallest absolute Gasteiger partial charge is 0.243 e. The Kier molecular flexibility index (Phi) is 7.78. The average Bonchev–Trinajstić information content (AvgIpc) is 3.25. The van der Waals surface area contributed by atoms with E-state index in [1.54, 1.807) is 0 Å². The van der Waals surface area contributed by atoms with Crippen LogP contribution < -0.4 is 5.32 Å². The Hall–Kier alpha value is -2.29. The lowest BCUT2D eigenvalue weighted by Gasteiger charge is -2.22. The largest absolute Gasteiger partial charge is 0.326 e. The van der Waals surface area contributed by atoms with Crippen molar-refractivity contribution in [2.45, 2.75) is 25.3 Å². The summed E-state index contributed by atoms with van der Waals surface area (Å²) in [5, 5.41) is 9.04. The monoisotopic (exact) mass is 631 g/mol. The summed E-state index contributed by atoms with van der Waals surface area (Å²) in [4.78, 5) is 25.5. The van der Waals surface area contributed by atoms with Crippen LogP contribution >= 0.6 is 47.8 Å². The van der Waals surface area contributed by atoms with Gasteiger partial charge in [-0.3, -0.25) is 9.59 Å². The summed E-state index contributed by atoms with van der Waals surface area (Å²) >= 11 is 10.3. The van der Waals surface area contributed by atoms with Gasteiger partial charge in [0, 0.05) is 38.4 Å². The molecule has 1 aliphatic rings. The molecule has 4 rings (SSSR count). The molecule has 1 heterocycles. The van der Waals surface area contributed by atoms with E-state index in [0.717, 1.165) is 30.3 Å². The number of carbonyl (C=O) groups excluding carboxylic acids is 2. The van der Waals surface area contributed by atoms with Crippen molar-refractivity contribution >= 4 is 71.0 Å². The van der Waals surface area contributed by atoms with E-state index in [-0.39, 0.29) is 30.7 Å². The molecular weight excluding hydrogens is 614 g/mol. The quantitative estimate of drug-likeness (QED) is 0.316. The predicted octanol–water partition coefficient (Wildman–Crippen LogP) is 7.07. The number of hydrogen-bond donors (Lipinski definition) is 1. The van der Waals surface area contributed by atoms with E-state index in [4.69, 9.17) is 0 Å². The zero-order chi connectivity index (χ0) is 23.4. The number of nitrogens with zero attached hydrogens (tertiary/aromatic N) is 2. The van der Waals surface area contributed by atoms with Gasteiger partial charge in [0.25, 0.3) is 0 Å². The van der Waals surface area contributed by atoms with Crippen molar-refractivity contribution in [3.05, 3.63) is 97.3 Å². The Balaban J connectivity index is 1.48. The van der Waals surface area contributed by atoms with Crippen LogP contribution in [0.1, 0.15) is 36.4 Å². The van der Waals surface area contributed by atoms with Crippen LogP contribution in [0.3, 0.4) is 0 Å². The highest BCUT2D eigenvalue weighted by molar-refractivity contribution is 9.11. The third-order valence-electron chi connectivity index (χ3n) is 5.29. The molecule has 0 aromatic heterocycles. The highest BCUT2D eigenvalue weighted by Gasteiger charge is 2.33. The fourth-order valence-corrected chi connectivity index (χ4v) is 4.39. The van der Waals surface area contributed by atoms with E-state index in [9.17, 15) is 9.59 Å². The first-order chi connectivity index (χ1) is 15.9. The molecule has 1 N–H and O–H groups in total. The van der Waals surface area contributed by atoms with Crippen LogP contribution in [0.4, 0.5) is 5.69 Å². The molecular formula is C25H20Br3N3O2. The molecule has 0 saturated carbocycles. The summed E-state index contributed by atoms with van der Waals surface area (Å²) in [6.07, 6.45) is 0.772. The fourth-order valence-electron chi connectivity index (χ4n) is 3.59. The molecule has 1 aliphatic heterocycles. The fraction of sp³-hybridized carbons (Fsp3) is 0.160. The number of benzene rings is 3. The molecule has 33 heavy (non-hydrogen) atoms. The van der Waals surface area contributed by atoms with Crippen LogP contribution in [0, 0.1) is 0 Å². The number of rotatable bonds is 6. The maximum Gasteiger partial charge on any atom is 0.243 e. The molecule has 0 saturated heterocycles. The average molecular weight is 634 g/mol. The minimum Gasteiger partial charge on any atom is -0.326 e. The molecule has 0 aliphatic carbocycles. The van der Waals surface area contributed by atoms with Crippen molar-refractivity contribution in [2.75, 3.05) is 5.32 Å². The number of halogens is 3. The number of hydrogen-bond acceptors (Lipinski definition) is 3. The van der Waals surface area contributed by atoms with Crippen molar-refractivity contribution < 1.29 is 9.59 Å². The van der Waals surface area contributed by atoms with Gasteiger partial charge in [-0.1, -0.05) is 72.1 Å². The Morgan fingerprint density at radius 3 is 1.97 bits per heavy atom. The number of amides is 2. The van der Waals surface area contributed by atoms with Gasteiger partial charge < -0.3 is 5.32 Å². The highest BCUT2D eigenvalue weighted by atomic mass is 79.9. The van der Waals surface area contributed by atoms with E-state index in [0.29, 0.717) is 12.1 Å². The van der Waals surface area contributed by atoms with Gasteiger partial charge in [0.15, 0.2) is 0 Å². The van der Waals surface area contributed by atoms with Crippen LogP contribution in [0.25, 0.3) is 0 Å². The minimum absolute atomic E-state index is 0.0759. The topological polar surface area (TPSA) is 61.8 Å². The minimum atomic E-state index is -0.209. The molecule has 1 atom stereocenters. The van der Waals surface area contributed by atoms with Gasteiger partial charge in [0.2, 0.25) is 11.8 Å². The van der Waals surface area contributed by atoms with E-state index < -0.39 is 0 Å². The molecule has 5 nitrogen and oxygen atoms in total. The summed E-state index contributed by atoms with van der Waals surface area (Å²) < 4.78 is 2.89. The second-order valence-electron chi connectivity index (χ2n) is 7.62. The molecule has 0 fully saturated rings. The first kappa shape index (κ1) is 23.9. The summed E-state index contributed by atoms with van der Waals surface area (Å²) in [5.74, 6) is -0.386. The van der Waals surface area contributed by atoms with Crippen molar-refractivity contribution in [1.82, 2.24) is 5.01 Å². The lowest BCUT2D eigenvalue weighted by Crippen LogP contribution is -2.28. The van der Waals surface area contributed by atoms with Gasteiger partial charge in [-0.25, -0.2) is 5.01 Å². The Morgan fingerprint density at radius 2 is 1.36 bits per heavy atom. The lowest BCUT2D eigenvalue weighted by molar-refractivity contribution is -0.134. The van der Waals surface area contributed by atoms with Crippen molar-refractivity contribution in [1.29, 1.82) is 0 Å². The molecule has 8 heteroatoms. The third-order valence-corrected chi connectivity index (χ3v) is 6.88. The summed E-state index contributed by atoms with van der Waals surface area (Å²) in [5.41, 5.74) is 3.52. The first-order valence-electron chi connectivity index (χ1n) is 10.4. The molecule has 3 aromatic carbocycles. The third kappa shape index (κ3) is 6.19. The number of nitrogens with one attached hydrogen (secondary N) is 1. The molecule has 0 radical (unpaired) electrons. The van der Waals surface area contributed by atoms with Crippen LogP contribution in [0.15, 0.2) is 91.3 Å². The molecule has 2 amide bonds. The zero-order valence-electron chi connectivity index (χ0n) is 17.5. The van der Waals surface area contributed by atoms with Gasteiger partial charge in [-0.15, -0.1) is 0 Å². The maximum atomic E-state index is 13.1. The van der Waals surface area contributed by atoms with Gasteiger partial charge in [0.05, 0.1) is 11.8 Å². The van der Waals surface area contributed by atoms with Crippen LogP contribution in [-0.4, -0.2) is 22.5 Å². The number of carbonyl (C=O) groups is 2. The molecule has 0 bridgehead atoms. The van der Waals surface area contributed by atoms with Gasteiger partial charge in [-0.05, 0) is 59.7 Å². The molecule has 3 aromatic rings. The Morgan fingerprint density at radius 1 is 0.818 bits per heavy atom. The van der Waals surface area contributed by atoms with Crippen LogP contribution in [-0.2, 0) is 9.59 Å². The van der Waals surface area contributed by atoms with Gasteiger partial charge >= 0.3 is 0 Å². The number of anilines is 1. The van der Waals surface area contributed by atoms with E-state index in [1.165, 1.54) is 5.01 Å². The van der Waals surface area contributed by atoms with Crippen molar-refractivity contribution in [3.8, 4) is 0 Å². The SMILES string of the molecule is O=C(CCC(=O)N1N=C(c2ccc(Br)cc2)C[C@@H]1c1ccc(Br)cc1)Nc1ccc(Br)cc1. The molecule has 0 spiro atoms. The second-order valence-corrected chi connectivity index (χ2v) is 10.4. The van der Waals surface area contributed by atoms with Crippen LogP contribution in [0.2, 0.25) is 0 Å². The zero-order valence-corrected chi connectivity index (χ0v) is 22.2. The Labute approximate surface area is 217 Å². The normalized spacial score (nSPS) is 15.3. The van der Waals surface area contributed by atoms with Gasteiger partial charge in [-0.2, -0.15) is 5.10 Å². The summed E-state index contributed by atoms with van der Waals surface area (Å²) in [6, 6.07) is 22.9. The van der Waals surface area contributed by atoms with Crippen molar-refractivity contribution in [3.63, 3.8) is 0 Å². The molecule has 168 valence electrons. The Bertz CT molecular complexity index is 1180. The van der Waals surface area contributed by atoms with E-state index in [2.05, 4.69) is 58.2 Å². The standard InChI is InChI=1S/C25H20Br3N3O2/c26-18-5-1-16(2-6-18)22-15-23(17-3-7-19(27)8-4-17)31(30-22)25(33)14-13-24(32)29-21-11-9-20(28)10-12-21/h1-12,23H,13-15H2,(H,29,32)/t23-/m1/s1. The summed E-state index contributed by atoms with van der Waals surface area (Å²) in [6.45, 7) is 0. The first-order valence-corrected chi connectivity index (χ1v) is 12.7. The second kappa shape index (κ2) is 10.8. The highest BCUT2D eigenvalue weighted by Crippen LogP contribution is 2.34. The van der Waals surface area contributed by atoms with E-state index >= 15 is 0 Å². The van der Waals surface area contributed by atoms with Crippen molar-refractivity contribution in [2.24, 2.45) is 5.10 Å². The summed E-state index contributed by atoms with van der Waals surface area (Å²) in [7, 11) is 0. The molecule has 0 unspecified atom stereocenters. The van der Waals surface area contributed by atoms with Crippen LogP contribution in [0.5, 0.6) is 0 Å². The lowest BCUT2D eigenvalue weighted by atomic mass is 9.98.